The molecule has 0 saturated carbocycles. The molecule has 0 heterocycles. The molecule has 0 aliphatic carbocycles. The first-order chi connectivity index (χ1) is 7.27. The summed E-state index contributed by atoms with van der Waals surface area (Å²) in [7, 11) is 0. The summed E-state index contributed by atoms with van der Waals surface area (Å²) in [6.45, 7) is -0.139. The molecule has 0 radical (unpaired) electrons. The zero-order valence-corrected chi connectivity index (χ0v) is 8.31. The van der Waals surface area contributed by atoms with Gasteiger partial charge in [0.15, 0.2) is 0 Å². The van der Waals surface area contributed by atoms with Crippen LogP contribution in [0.2, 0.25) is 0 Å². The lowest BCUT2D eigenvalue weighted by Crippen LogP contribution is -2.30. The second kappa shape index (κ2) is 5.84. The fourth-order valence-electron chi connectivity index (χ4n) is 1.26. The van der Waals surface area contributed by atoms with E-state index in [4.69, 9.17) is 11.5 Å². The highest BCUT2D eigenvalue weighted by molar-refractivity contribution is 5.78. The second-order valence-corrected chi connectivity index (χ2v) is 3.09. The summed E-state index contributed by atoms with van der Waals surface area (Å²) < 4.78 is 0. The lowest BCUT2D eigenvalue weighted by Gasteiger charge is -2.15. The smallest absolute Gasteiger partial charge is 0.232 e. The number of carbonyl (C=O) groups is 1. The van der Waals surface area contributed by atoms with Crippen molar-refractivity contribution in [3.05, 3.63) is 35.9 Å². The van der Waals surface area contributed by atoms with E-state index in [1.807, 2.05) is 30.3 Å². The van der Waals surface area contributed by atoms with Crippen LogP contribution < -0.4 is 5.32 Å². The molecule has 0 aliphatic heterocycles. The van der Waals surface area contributed by atoms with Crippen molar-refractivity contribution in [3.8, 4) is 12.3 Å². The predicted octanol–water partition coefficient (Wildman–Crippen LogP) is 0.860. The molecule has 3 heteroatoms. The highest BCUT2D eigenvalue weighted by Gasteiger charge is 2.11. The molecule has 0 aromatic heterocycles. The van der Waals surface area contributed by atoms with Gasteiger partial charge < -0.3 is 10.4 Å². The number of hydrogen-bond acceptors (Lipinski definition) is 2. The molecular weight excluding hydrogens is 190 g/mol. The summed E-state index contributed by atoms with van der Waals surface area (Å²) in [4.78, 5) is 11.2. The summed E-state index contributed by atoms with van der Waals surface area (Å²) in [6, 6.07) is 8.89. The van der Waals surface area contributed by atoms with Crippen LogP contribution in [0, 0.1) is 12.3 Å². The Bertz CT molecular complexity index is 354. The average Bonchev–Trinajstić information content (AvgIpc) is 2.27. The third kappa shape index (κ3) is 3.45. The summed E-state index contributed by atoms with van der Waals surface area (Å²) in [5.41, 5.74) is 0.866. The molecule has 78 valence electrons. The van der Waals surface area contributed by atoms with E-state index in [9.17, 15) is 4.79 Å². The molecule has 0 fully saturated rings. The summed E-state index contributed by atoms with van der Waals surface area (Å²) in [6.07, 6.45) is 5.04. The molecule has 1 atom stereocenters. The standard InChI is InChI=1S/C12H13NO2/c1-2-6-12(15)13-11(9-14)10-7-4-3-5-8-10/h1,3-5,7-8,11,14H,6,9H2,(H,13,15)/t11-/m1/s1. The topological polar surface area (TPSA) is 49.3 Å². The van der Waals surface area contributed by atoms with E-state index in [-0.39, 0.29) is 25.0 Å². The minimum absolute atomic E-state index is 0.0311. The van der Waals surface area contributed by atoms with Gasteiger partial charge in [0.1, 0.15) is 0 Å². The number of rotatable bonds is 4. The summed E-state index contributed by atoms with van der Waals surface area (Å²) >= 11 is 0. The quantitative estimate of drug-likeness (QED) is 0.713. The average molecular weight is 203 g/mol. The maximum Gasteiger partial charge on any atom is 0.232 e. The normalized spacial score (nSPS) is 11.5. The van der Waals surface area contributed by atoms with Gasteiger partial charge >= 0.3 is 0 Å². The zero-order valence-electron chi connectivity index (χ0n) is 8.31. The van der Waals surface area contributed by atoms with Crippen LogP contribution in [0.15, 0.2) is 30.3 Å². The number of terminal acetylenes is 1. The number of carbonyl (C=O) groups excluding carboxylic acids is 1. The third-order valence-electron chi connectivity index (χ3n) is 1.98. The second-order valence-electron chi connectivity index (χ2n) is 3.09. The third-order valence-corrected chi connectivity index (χ3v) is 1.98. The summed E-state index contributed by atoms with van der Waals surface area (Å²) in [5, 5.41) is 11.8. The van der Waals surface area contributed by atoms with Gasteiger partial charge in [0.2, 0.25) is 5.91 Å². The van der Waals surface area contributed by atoms with E-state index < -0.39 is 0 Å². The number of benzene rings is 1. The van der Waals surface area contributed by atoms with Crippen molar-refractivity contribution in [1.82, 2.24) is 5.32 Å². The Kier molecular flexibility index (Phi) is 4.39. The molecule has 15 heavy (non-hydrogen) atoms. The first-order valence-electron chi connectivity index (χ1n) is 4.66. The highest BCUT2D eigenvalue weighted by Crippen LogP contribution is 2.11. The van der Waals surface area contributed by atoms with E-state index in [1.165, 1.54) is 0 Å². The van der Waals surface area contributed by atoms with E-state index in [0.29, 0.717) is 0 Å². The van der Waals surface area contributed by atoms with Gasteiger partial charge in [0.05, 0.1) is 19.1 Å². The number of nitrogens with one attached hydrogen (secondary N) is 1. The molecule has 1 amide bonds. The molecule has 0 saturated heterocycles. The Balaban J connectivity index is 2.65. The van der Waals surface area contributed by atoms with Crippen molar-refractivity contribution >= 4 is 5.91 Å². The van der Waals surface area contributed by atoms with E-state index in [2.05, 4.69) is 11.2 Å². The minimum atomic E-state index is -0.382. The van der Waals surface area contributed by atoms with Crippen LogP contribution >= 0.6 is 0 Å². The van der Waals surface area contributed by atoms with Crippen molar-refractivity contribution in [2.24, 2.45) is 0 Å². The monoisotopic (exact) mass is 203 g/mol. The fraction of sp³-hybridized carbons (Fsp3) is 0.250. The Labute approximate surface area is 89.1 Å². The van der Waals surface area contributed by atoms with Gasteiger partial charge in [-0.05, 0) is 5.56 Å². The van der Waals surface area contributed by atoms with Crippen LogP contribution in [-0.4, -0.2) is 17.6 Å². The van der Waals surface area contributed by atoms with Crippen LogP contribution in [0.1, 0.15) is 18.0 Å². The van der Waals surface area contributed by atoms with Gasteiger partial charge in [-0.25, -0.2) is 0 Å². The lowest BCUT2D eigenvalue weighted by atomic mass is 10.1. The number of aliphatic hydroxyl groups is 1. The fourth-order valence-corrected chi connectivity index (χ4v) is 1.26. The van der Waals surface area contributed by atoms with Gasteiger partial charge in [0, 0.05) is 0 Å². The maximum atomic E-state index is 11.2. The van der Waals surface area contributed by atoms with Crippen molar-refractivity contribution in [3.63, 3.8) is 0 Å². The molecule has 1 aromatic rings. The van der Waals surface area contributed by atoms with Gasteiger partial charge in [-0.1, -0.05) is 36.3 Å². The zero-order chi connectivity index (χ0) is 11.1. The minimum Gasteiger partial charge on any atom is -0.394 e. The van der Waals surface area contributed by atoms with Gasteiger partial charge in [0.25, 0.3) is 0 Å². The molecule has 1 rings (SSSR count). The van der Waals surface area contributed by atoms with Gasteiger partial charge in [-0.3, -0.25) is 4.79 Å². The number of amides is 1. The summed E-state index contributed by atoms with van der Waals surface area (Å²) in [5.74, 6) is 2.01. The van der Waals surface area contributed by atoms with Crippen molar-refractivity contribution in [2.75, 3.05) is 6.61 Å². The van der Waals surface area contributed by atoms with E-state index >= 15 is 0 Å². The number of aliphatic hydroxyl groups excluding tert-OH is 1. The molecule has 0 unspecified atom stereocenters. The molecule has 0 spiro atoms. The highest BCUT2D eigenvalue weighted by atomic mass is 16.3. The van der Waals surface area contributed by atoms with Gasteiger partial charge in [-0.2, -0.15) is 0 Å². The molecule has 0 bridgehead atoms. The van der Waals surface area contributed by atoms with Crippen LogP contribution in [0.4, 0.5) is 0 Å². The number of hydrogen-bond donors (Lipinski definition) is 2. The van der Waals surface area contributed by atoms with Crippen LogP contribution in [0.3, 0.4) is 0 Å². The van der Waals surface area contributed by atoms with Crippen molar-refractivity contribution in [2.45, 2.75) is 12.5 Å². The van der Waals surface area contributed by atoms with Crippen LogP contribution in [0.25, 0.3) is 0 Å². The predicted molar refractivity (Wildman–Crippen MR) is 57.9 cm³/mol. The Morgan fingerprint density at radius 1 is 1.47 bits per heavy atom. The first kappa shape index (κ1) is 11.3. The van der Waals surface area contributed by atoms with Crippen LogP contribution in [0.5, 0.6) is 0 Å². The largest absolute Gasteiger partial charge is 0.394 e. The van der Waals surface area contributed by atoms with Crippen LogP contribution in [-0.2, 0) is 4.79 Å². The van der Waals surface area contributed by atoms with E-state index in [1.54, 1.807) is 0 Å². The van der Waals surface area contributed by atoms with Crippen molar-refractivity contribution < 1.29 is 9.90 Å². The van der Waals surface area contributed by atoms with Gasteiger partial charge in [-0.15, -0.1) is 6.42 Å². The molecule has 0 aliphatic rings. The Morgan fingerprint density at radius 3 is 2.67 bits per heavy atom. The molecule has 2 N–H and O–H groups in total. The first-order valence-corrected chi connectivity index (χ1v) is 4.66. The molecule has 3 nitrogen and oxygen atoms in total. The molecular formula is C12H13NO2. The Hall–Kier alpha value is -1.79. The lowest BCUT2D eigenvalue weighted by molar-refractivity contribution is -0.121. The maximum absolute atomic E-state index is 11.2. The Morgan fingerprint density at radius 2 is 2.13 bits per heavy atom. The van der Waals surface area contributed by atoms with E-state index in [0.717, 1.165) is 5.56 Å². The molecule has 1 aromatic carbocycles. The SMILES string of the molecule is C#CCC(=O)N[C@H](CO)c1ccccc1. The van der Waals surface area contributed by atoms with Crippen molar-refractivity contribution in [1.29, 1.82) is 0 Å².